The number of rotatable bonds is 5. The molecule has 1 aliphatic rings. The summed E-state index contributed by atoms with van der Waals surface area (Å²) in [5.74, 6) is 2.80. The van der Waals surface area contributed by atoms with E-state index in [4.69, 9.17) is 4.74 Å². The van der Waals surface area contributed by atoms with Crippen molar-refractivity contribution in [3.8, 4) is 5.75 Å². The molecule has 5 nitrogen and oxygen atoms in total. The van der Waals surface area contributed by atoms with Gasteiger partial charge in [-0.2, -0.15) is 0 Å². The fourth-order valence-corrected chi connectivity index (χ4v) is 2.88. The van der Waals surface area contributed by atoms with Crippen LogP contribution in [0.25, 0.3) is 0 Å². The number of hydrogen-bond acceptors (Lipinski definition) is 5. The Balaban J connectivity index is 1.69. The van der Waals surface area contributed by atoms with Gasteiger partial charge in [-0.15, -0.1) is 0 Å². The molecule has 2 heterocycles. The van der Waals surface area contributed by atoms with Crippen LogP contribution in [0.1, 0.15) is 17.1 Å². The van der Waals surface area contributed by atoms with Crippen molar-refractivity contribution in [2.45, 2.75) is 19.8 Å². The molecule has 0 saturated heterocycles. The molecule has 2 aromatic rings. The van der Waals surface area contributed by atoms with E-state index in [1.807, 2.05) is 37.3 Å². The van der Waals surface area contributed by atoms with Gasteiger partial charge in [0.25, 0.3) is 0 Å². The summed E-state index contributed by atoms with van der Waals surface area (Å²) in [7, 11) is 2.08. The van der Waals surface area contributed by atoms with Crippen LogP contribution in [0, 0.1) is 6.92 Å². The third kappa shape index (κ3) is 3.99. The van der Waals surface area contributed by atoms with E-state index in [0.717, 1.165) is 49.9 Å². The lowest BCUT2D eigenvalue weighted by Gasteiger charge is -2.22. The van der Waals surface area contributed by atoms with Crippen LogP contribution in [0.15, 0.2) is 30.3 Å². The number of nitrogens with zero attached hydrogens (tertiary/aromatic N) is 3. The topological polar surface area (TPSA) is 50.3 Å². The zero-order valence-corrected chi connectivity index (χ0v) is 13.9. The Morgan fingerprint density at radius 2 is 1.91 bits per heavy atom. The molecular formula is C18H24N4O. The first-order valence-corrected chi connectivity index (χ1v) is 8.20. The smallest absolute Gasteiger partial charge is 0.135 e. The van der Waals surface area contributed by atoms with E-state index in [9.17, 15) is 0 Å². The SMILES string of the molecule is Cc1nc2c(c(N(C)CCOc3ccccc3)n1)CCNCC2. The molecule has 122 valence electrons. The lowest BCUT2D eigenvalue weighted by Crippen LogP contribution is -2.27. The minimum absolute atomic E-state index is 0.636. The summed E-state index contributed by atoms with van der Waals surface area (Å²) in [4.78, 5) is 11.5. The van der Waals surface area contributed by atoms with E-state index >= 15 is 0 Å². The minimum Gasteiger partial charge on any atom is -0.492 e. The number of likely N-dealkylation sites (N-methyl/N-ethyl adjacent to an activating group) is 1. The average Bonchev–Trinajstić information content (AvgIpc) is 2.80. The normalized spacial score (nSPS) is 14.0. The van der Waals surface area contributed by atoms with E-state index in [1.165, 1.54) is 11.3 Å². The molecule has 0 atom stereocenters. The number of fused-ring (bicyclic) bond motifs is 1. The maximum atomic E-state index is 5.80. The van der Waals surface area contributed by atoms with Crippen LogP contribution in [0.4, 0.5) is 5.82 Å². The molecule has 0 aliphatic carbocycles. The number of anilines is 1. The monoisotopic (exact) mass is 312 g/mol. The highest BCUT2D eigenvalue weighted by Crippen LogP contribution is 2.22. The summed E-state index contributed by atoms with van der Waals surface area (Å²) in [6, 6.07) is 9.92. The molecule has 0 spiro atoms. The number of benzene rings is 1. The lowest BCUT2D eigenvalue weighted by atomic mass is 10.1. The fourth-order valence-electron chi connectivity index (χ4n) is 2.88. The first-order valence-electron chi connectivity index (χ1n) is 8.20. The molecule has 0 unspecified atom stereocenters. The Bertz CT molecular complexity index is 645. The Morgan fingerprint density at radius 3 is 2.74 bits per heavy atom. The predicted octanol–water partition coefficient (Wildman–Crippen LogP) is 1.99. The highest BCUT2D eigenvalue weighted by molar-refractivity contribution is 5.49. The van der Waals surface area contributed by atoms with E-state index < -0.39 is 0 Å². The molecule has 1 N–H and O–H groups in total. The quantitative estimate of drug-likeness (QED) is 0.915. The summed E-state index contributed by atoms with van der Waals surface area (Å²) in [6.07, 6.45) is 1.95. The molecule has 0 saturated carbocycles. The lowest BCUT2D eigenvalue weighted by molar-refractivity contribution is 0.325. The van der Waals surface area contributed by atoms with Gasteiger partial charge in [-0.1, -0.05) is 18.2 Å². The number of aromatic nitrogens is 2. The molecule has 0 radical (unpaired) electrons. The zero-order chi connectivity index (χ0) is 16.1. The number of aryl methyl sites for hydroxylation is 1. The van der Waals surface area contributed by atoms with Crippen molar-refractivity contribution in [2.24, 2.45) is 0 Å². The minimum atomic E-state index is 0.636. The van der Waals surface area contributed by atoms with Gasteiger partial charge in [0.15, 0.2) is 0 Å². The van der Waals surface area contributed by atoms with Gasteiger partial charge in [-0.25, -0.2) is 9.97 Å². The summed E-state index contributed by atoms with van der Waals surface area (Å²) >= 11 is 0. The van der Waals surface area contributed by atoms with Crippen molar-refractivity contribution in [1.82, 2.24) is 15.3 Å². The van der Waals surface area contributed by atoms with Crippen molar-refractivity contribution in [3.63, 3.8) is 0 Å². The maximum Gasteiger partial charge on any atom is 0.135 e. The van der Waals surface area contributed by atoms with Gasteiger partial charge in [0, 0.05) is 25.6 Å². The molecule has 0 bridgehead atoms. The first-order chi connectivity index (χ1) is 11.2. The van der Waals surface area contributed by atoms with Gasteiger partial charge in [-0.3, -0.25) is 0 Å². The van der Waals surface area contributed by atoms with Crippen LogP contribution >= 0.6 is 0 Å². The van der Waals surface area contributed by atoms with Crippen molar-refractivity contribution in [2.75, 3.05) is 38.2 Å². The standard InChI is InChI=1S/C18H24N4O/c1-14-20-17-9-11-19-10-8-16(17)18(21-14)22(2)12-13-23-15-6-4-3-5-7-15/h3-7,19H,8-13H2,1-2H3. The molecule has 3 rings (SSSR count). The van der Waals surface area contributed by atoms with E-state index in [0.29, 0.717) is 6.61 Å². The third-order valence-electron chi connectivity index (χ3n) is 4.07. The van der Waals surface area contributed by atoms with Crippen molar-refractivity contribution < 1.29 is 4.74 Å². The fraction of sp³-hybridized carbons (Fsp3) is 0.444. The van der Waals surface area contributed by atoms with Gasteiger partial charge in [0.2, 0.25) is 0 Å². The predicted molar refractivity (Wildman–Crippen MR) is 92.3 cm³/mol. The average molecular weight is 312 g/mol. The second-order valence-electron chi connectivity index (χ2n) is 5.85. The van der Waals surface area contributed by atoms with E-state index in [1.54, 1.807) is 0 Å². The Labute approximate surface area is 137 Å². The summed E-state index contributed by atoms with van der Waals surface area (Å²) in [6.45, 7) is 5.38. The summed E-state index contributed by atoms with van der Waals surface area (Å²) < 4.78 is 5.80. The van der Waals surface area contributed by atoms with Crippen molar-refractivity contribution in [3.05, 3.63) is 47.4 Å². The number of nitrogens with one attached hydrogen (secondary N) is 1. The van der Waals surface area contributed by atoms with Crippen LogP contribution in [0.3, 0.4) is 0 Å². The van der Waals surface area contributed by atoms with Gasteiger partial charge in [0.1, 0.15) is 24.0 Å². The zero-order valence-electron chi connectivity index (χ0n) is 13.9. The number of para-hydroxylation sites is 1. The van der Waals surface area contributed by atoms with Gasteiger partial charge in [-0.05, 0) is 32.0 Å². The third-order valence-corrected chi connectivity index (χ3v) is 4.07. The van der Waals surface area contributed by atoms with Gasteiger partial charge < -0.3 is 15.0 Å². The van der Waals surface area contributed by atoms with Gasteiger partial charge >= 0.3 is 0 Å². The van der Waals surface area contributed by atoms with Crippen molar-refractivity contribution in [1.29, 1.82) is 0 Å². The number of ether oxygens (including phenoxy) is 1. The van der Waals surface area contributed by atoms with Gasteiger partial charge in [0.05, 0.1) is 12.2 Å². The maximum absolute atomic E-state index is 5.80. The van der Waals surface area contributed by atoms with Crippen molar-refractivity contribution >= 4 is 5.82 Å². The second kappa shape index (κ2) is 7.42. The van der Waals surface area contributed by atoms with E-state index in [-0.39, 0.29) is 0 Å². The van der Waals surface area contributed by atoms with Crippen LogP contribution in [-0.2, 0) is 12.8 Å². The Morgan fingerprint density at radius 1 is 1.13 bits per heavy atom. The molecule has 23 heavy (non-hydrogen) atoms. The molecular weight excluding hydrogens is 288 g/mol. The van der Waals surface area contributed by atoms with E-state index in [2.05, 4.69) is 27.2 Å². The molecule has 1 aliphatic heterocycles. The summed E-state index contributed by atoms with van der Waals surface area (Å²) in [5, 5.41) is 3.43. The largest absolute Gasteiger partial charge is 0.492 e. The van der Waals surface area contributed by atoms with Crippen LogP contribution in [-0.4, -0.2) is 43.3 Å². The Kier molecular flexibility index (Phi) is 5.08. The van der Waals surface area contributed by atoms with Crippen LogP contribution in [0.5, 0.6) is 5.75 Å². The molecule has 1 aromatic carbocycles. The highest BCUT2D eigenvalue weighted by atomic mass is 16.5. The van der Waals surface area contributed by atoms with Crippen LogP contribution < -0.4 is 15.0 Å². The second-order valence-corrected chi connectivity index (χ2v) is 5.85. The first kappa shape index (κ1) is 15.7. The molecule has 0 amide bonds. The summed E-state index contributed by atoms with van der Waals surface area (Å²) in [5.41, 5.74) is 2.47. The molecule has 1 aromatic heterocycles. The van der Waals surface area contributed by atoms with Crippen LogP contribution in [0.2, 0.25) is 0 Å². The highest BCUT2D eigenvalue weighted by Gasteiger charge is 2.18. The molecule has 0 fully saturated rings. The Hall–Kier alpha value is -2.14. The molecule has 5 heteroatoms. The number of hydrogen-bond donors (Lipinski definition) is 1.